The summed E-state index contributed by atoms with van der Waals surface area (Å²) in [5.74, 6) is 1.50. The Labute approximate surface area is 193 Å². The van der Waals surface area contributed by atoms with Crippen LogP contribution in [-0.4, -0.2) is 25.8 Å². The SMILES string of the molecule is CCCOc1ccc(C(=O)N/N=C\c2ccc(OCc3cccc(C#N)c3)c(OC)c2)cc1. The maximum absolute atomic E-state index is 12.3. The third-order valence-electron chi connectivity index (χ3n) is 4.61. The second-order valence-corrected chi connectivity index (χ2v) is 7.08. The fraction of sp³-hybridized carbons (Fsp3) is 0.192. The van der Waals surface area contributed by atoms with Crippen LogP contribution >= 0.6 is 0 Å². The number of ether oxygens (including phenoxy) is 3. The molecule has 0 fully saturated rings. The molecule has 7 heteroatoms. The lowest BCUT2D eigenvalue weighted by atomic mass is 10.1. The van der Waals surface area contributed by atoms with Gasteiger partial charge in [-0.3, -0.25) is 4.79 Å². The summed E-state index contributed by atoms with van der Waals surface area (Å²) in [6.45, 7) is 2.97. The molecule has 0 aliphatic heterocycles. The molecule has 0 spiro atoms. The molecule has 0 heterocycles. The number of hydrazone groups is 1. The molecule has 0 aromatic heterocycles. The summed E-state index contributed by atoms with van der Waals surface area (Å²) < 4.78 is 16.8. The smallest absolute Gasteiger partial charge is 0.271 e. The first-order chi connectivity index (χ1) is 16.1. The first-order valence-electron chi connectivity index (χ1n) is 10.5. The number of nitrogens with zero attached hydrogens (tertiary/aromatic N) is 2. The summed E-state index contributed by atoms with van der Waals surface area (Å²) in [6.07, 6.45) is 2.45. The van der Waals surface area contributed by atoms with Crippen LogP contribution in [0.15, 0.2) is 71.8 Å². The average molecular weight is 444 g/mol. The fourth-order valence-electron chi connectivity index (χ4n) is 2.93. The molecule has 168 valence electrons. The highest BCUT2D eigenvalue weighted by molar-refractivity contribution is 5.95. The zero-order valence-corrected chi connectivity index (χ0v) is 18.6. The quantitative estimate of drug-likeness (QED) is 0.362. The summed E-state index contributed by atoms with van der Waals surface area (Å²) in [7, 11) is 1.55. The Morgan fingerprint density at radius 1 is 1.06 bits per heavy atom. The van der Waals surface area contributed by atoms with Crippen LogP contribution in [-0.2, 0) is 6.61 Å². The molecule has 3 aromatic rings. The Kier molecular flexibility index (Phi) is 8.43. The third kappa shape index (κ3) is 6.84. The molecule has 33 heavy (non-hydrogen) atoms. The number of benzene rings is 3. The lowest BCUT2D eigenvalue weighted by Gasteiger charge is -2.11. The van der Waals surface area contributed by atoms with Crippen LogP contribution in [0.25, 0.3) is 0 Å². The van der Waals surface area contributed by atoms with Crippen molar-refractivity contribution in [2.24, 2.45) is 5.10 Å². The molecule has 0 bridgehead atoms. The van der Waals surface area contributed by atoms with Crippen molar-refractivity contribution in [3.05, 3.63) is 89.0 Å². The first kappa shape index (κ1) is 23.4. The molecule has 3 aromatic carbocycles. The lowest BCUT2D eigenvalue weighted by molar-refractivity contribution is 0.0955. The molecule has 0 aliphatic rings. The maximum atomic E-state index is 12.3. The third-order valence-corrected chi connectivity index (χ3v) is 4.61. The largest absolute Gasteiger partial charge is 0.494 e. The molecular formula is C26H25N3O4. The van der Waals surface area contributed by atoms with Gasteiger partial charge in [0.25, 0.3) is 5.91 Å². The van der Waals surface area contributed by atoms with Crippen molar-refractivity contribution < 1.29 is 19.0 Å². The van der Waals surface area contributed by atoms with Gasteiger partial charge in [-0.1, -0.05) is 19.1 Å². The Bertz CT molecular complexity index is 1150. The van der Waals surface area contributed by atoms with Gasteiger partial charge >= 0.3 is 0 Å². The van der Waals surface area contributed by atoms with Gasteiger partial charge in [-0.15, -0.1) is 0 Å². The van der Waals surface area contributed by atoms with Crippen molar-refractivity contribution in [2.75, 3.05) is 13.7 Å². The van der Waals surface area contributed by atoms with E-state index < -0.39 is 0 Å². The van der Waals surface area contributed by atoms with Crippen LogP contribution in [0, 0.1) is 11.3 Å². The van der Waals surface area contributed by atoms with Crippen LogP contribution in [0.5, 0.6) is 17.2 Å². The van der Waals surface area contributed by atoms with E-state index in [2.05, 4.69) is 16.6 Å². The fourth-order valence-corrected chi connectivity index (χ4v) is 2.93. The average Bonchev–Trinajstić information content (AvgIpc) is 2.86. The normalized spacial score (nSPS) is 10.5. The van der Waals surface area contributed by atoms with Crippen molar-refractivity contribution in [1.82, 2.24) is 5.43 Å². The highest BCUT2D eigenvalue weighted by Gasteiger charge is 2.07. The topological polar surface area (TPSA) is 92.9 Å². The molecule has 7 nitrogen and oxygen atoms in total. The van der Waals surface area contributed by atoms with E-state index in [4.69, 9.17) is 19.5 Å². The summed E-state index contributed by atoms with van der Waals surface area (Å²) in [5, 5.41) is 13.0. The molecule has 1 N–H and O–H groups in total. The standard InChI is InChI=1S/C26H25N3O4/c1-3-13-32-23-10-8-22(9-11-23)26(30)29-28-17-20-7-12-24(25(15-20)31-2)33-18-21-6-4-5-19(14-21)16-27/h4-12,14-15,17H,3,13,18H2,1-2H3,(H,29,30)/b28-17-. The van der Waals surface area contributed by atoms with Gasteiger partial charge in [-0.25, -0.2) is 5.43 Å². The number of nitrogens with one attached hydrogen (secondary N) is 1. The van der Waals surface area contributed by atoms with E-state index in [0.29, 0.717) is 35.8 Å². The van der Waals surface area contributed by atoms with Crippen LogP contribution in [0.2, 0.25) is 0 Å². The number of rotatable bonds is 10. The summed E-state index contributed by atoms with van der Waals surface area (Å²) >= 11 is 0. The summed E-state index contributed by atoms with van der Waals surface area (Å²) in [6, 6.07) is 21.6. The van der Waals surface area contributed by atoms with E-state index >= 15 is 0 Å². The summed E-state index contributed by atoms with van der Waals surface area (Å²) in [4.78, 5) is 12.3. The Morgan fingerprint density at radius 3 is 2.61 bits per heavy atom. The number of hydrogen-bond donors (Lipinski definition) is 1. The predicted octanol–water partition coefficient (Wildman–Crippen LogP) is 4.70. The van der Waals surface area contributed by atoms with E-state index in [1.165, 1.54) is 6.21 Å². The molecule has 1 amide bonds. The number of hydrogen-bond acceptors (Lipinski definition) is 6. The molecular weight excluding hydrogens is 418 g/mol. The molecule has 0 atom stereocenters. The van der Waals surface area contributed by atoms with Crippen LogP contribution < -0.4 is 19.6 Å². The summed E-state index contributed by atoms with van der Waals surface area (Å²) in [5.41, 5.74) is 5.19. The highest BCUT2D eigenvalue weighted by atomic mass is 16.5. The van der Waals surface area contributed by atoms with Crippen molar-refractivity contribution >= 4 is 12.1 Å². The van der Waals surface area contributed by atoms with Gasteiger partial charge in [0.1, 0.15) is 12.4 Å². The van der Waals surface area contributed by atoms with Crippen LogP contribution in [0.4, 0.5) is 0 Å². The van der Waals surface area contributed by atoms with Gasteiger partial charge in [0, 0.05) is 5.56 Å². The number of amides is 1. The molecule has 3 rings (SSSR count). The minimum Gasteiger partial charge on any atom is -0.494 e. The van der Waals surface area contributed by atoms with Crippen molar-refractivity contribution in [3.8, 4) is 23.3 Å². The van der Waals surface area contributed by atoms with E-state index in [-0.39, 0.29) is 5.91 Å². The molecule has 0 radical (unpaired) electrons. The Balaban J connectivity index is 1.58. The van der Waals surface area contributed by atoms with Gasteiger partial charge < -0.3 is 14.2 Å². The van der Waals surface area contributed by atoms with Crippen molar-refractivity contribution in [1.29, 1.82) is 5.26 Å². The number of nitriles is 1. The Hall–Kier alpha value is -4.31. The van der Waals surface area contributed by atoms with Gasteiger partial charge in [-0.05, 0) is 72.1 Å². The second kappa shape index (κ2) is 11.9. The lowest BCUT2D eigenvalue weighted by Crippen LogP contribution is -2.17. The molecule has 0 aliphatic carbocycles. The predicted molar refractivity (Wildman–Crippen MR) is 126 cm³/mol. The Morgan fingerprint density at radius 2 is 1.88 bits per heavy atom. The second-order valence-electron chi connectivity index (χ2n) is 7.08. The number of carbonyl (C=O) groups excluding carboxylic acids is 1. The van der Waals surface area contributed by atoms with Gasteiger partial charge in [-0.2, -0.15) is 10.4 Å². The van der Waals surface area contributed by atoms with Gasteiger partial charge in [0.15, 0.2) is 11.5 Å². The zero-order chi connectivity index (χ0) is 23.5. The van der Waals surface area contributed by atoms with E-state index in [0.717, 1.165) is 23.3 Å². The molecule has 0 saturated carbocycles. The van der Waals surface area contributed by atoms with Gasteiger partial charge in [0.2, 0.25) is 0 Å². The minimum atomic E-state index is -0.320. The van der Waals surface area contributed by atoms with Crippen LogP contribution in [0.1, 0.15) is 40.4 Å². The van der Waals surface area contributed by atoms with Crippen molar-refractivity contribution in [2.45, 2.75) is 20.0 Å². The number of methoxy groups -OCH3 is 1. The monoisotopic (exact) mass is 443 g/mol. The van der Waals surface area contributed by atoms with E-state index in [1.807, 2.05) is 19.1 Å². The van der Waals surface area contributed by atoms with E-state index in [9.17, 15) is 4.79 Å². The number of carbonyl (C=O) groups is 1. The van der Waals surface area contributed by atoms with Gasteiger partial charge in [0.05, 0.1) is 31.6 Å². The first-order valence-corrected chi connectivity index (χ1v) is 10.5. The minimum absolute atomic E-state index is 0.303. The van der Waals surface area contributed by atoms with Crippen LogP contribution in [0.3, 0.4) is 0 Å². The molecule has 0 unspecified atom stereocenters. The maximum Gasteiger partial charge on any atom is 0.271 e. The van der Waals surface area contributed by atoms with Crippen molar-refractivity contribution in [3.63, 3.8) is 0 Å². The highest BCUT2D eigenvalue weighted by Crippen LogP contribution is 2.28. The van der Waals surface area contributed by atoms with E-state index in [1.54, 1.807) is 61.7 Å². The zero-order valence-electron chi connectivity index (χ0n) is 18.6. The molecule has 0 saturated heterocycles.